The van der Waals surface area contributed by atoms with Crippen LogP contribution in [0, 0.1) is 23.0 Å². The normalized spacial score (nSPS) is 14.8. The second-order valence-corrected chi connectivity index (χ2v) is 8.85. The first-order valence-corrected chi connectivity index (χ1v) is 11.2. The van der Waals surface area contributed by atoms with E-state index < -0.39 is 46.8 Å². The number of aromatic nitrogens is 2. The summed E-state index contributed by atoms with van der Waals surface area (Å²) in [6.45, 7) is 0. The van der Waals surface area contributed by atoms with E-state index in [1.165, 1.54) is 23.9 Å². The number of aryl methyl sites for hydroxylation is 1. The molecule has 1 aliphatic rings. The summed E-state index contributed by atoms with van der Waals surface area (Å²) in [5.74, 6) is -3.74. The van der Waals surface area contributed by atoms with Crippen molar-refractivity contribution < 1.29 is 31.5 Å². The monoisotopic (exact) mass is 545 g/mol. The number of carbonyl (C=O) groups excluding carboxylic acids is 2. The van der Waals surface area contributed by atoms with Crippen LogP contribution in [-0.4, -0.2) is 21.6 Å². The lowest BCUT2D eigenvalue weighted by Gasteiger charge is -2.18. The van der Waals surface area contributed by atoms with Gasteiger partial charge < -0.3 is 10.6 Å². The van der Waals surface area contributed by atoms with Gasteiger partial charge in [-0.15, -0.1) is 0 Å². The fraction of sp³-hybridized carbons (Fsp3) is 0.120. The largest absolute Gasteiger partial charge is 0.416 e. The standard InChI is InChI=1S/C25H13ClF5N5O2/c1-36-18(9-32)15-8-17(33-23(37)10-4-11(25(29,30)31)6-13(28)5-10)19-20(22(15)35-36)24(38)34-21(19)14-7-12(27)2-3-16(14)26/h2-8,21H,1H3,(H,33,37)(H,34,38). The van der Waals surface area contributed by atoms with Gasteiger partial charge in [-0.1, -0.05) is 11.6 Å². The molecule has 3 aromatic carbocycles. The van der Waals surface area contributed by atoms with Gasteiger partial charge in [-0.05, 0) is 42.5 Å². The highest BCUT2D eigenvalue weighted by Crippen LogP contribution is 2.43. The molecular weight excluding hydrogens is 533 g/mol. The van der Waals surface area contributed by atoms with E-state index in [4.69, 9.17) is 11.6 Å². The molecule has 0 saturated carbocycles. The van der Waals surface area contributed by atoms with Crippen molar-refractivity contribution in [1.29, 1.82) is 5.26 Å². The Labute approximate surface area is 215 Å². The van der Waals surface area contributed by atoms with E-state index in [0.717, 1.165) is 12.1 Å². The van der Waals surface area contributed by atoms with Gasteiger partial charge in [-0.25, -0.2) is 8.78 Å². The van der Waals surface area contributed by atoms with Gasteiger partial charge in [0, 0.05) is 39.8 Å². The van der Waals surface area contributed by atoms with Crippen molar-refractivity contribution in [1.82, 2.24) is 15.1 Å². The molecule has 2 N–H and O–H groups in total. The Bertz CT molecular complexity index is 1720. The van der Waals surface area contributed by atoms with E-state index in [-0.39, 0.29) is 50.1 Å². The molecule has 1 aromatic heterocycles. The van der Waals surface area contributed by atoms with Gasteiger partial charge in [0.05, 0.1) is 17.2 Å². The zero-order valence-electron chi connectivity index (χ0n) is 19.0. The molecule has 0 fully saturated rings. The lowest BCUT2D eigenvalue weighted by molar-refractivity contribution is -0.137. The van der Waals surface area contributed by atoms with Gasteiger partial charge in [-0.3, -0.25) is 14.3 Å². The van der Waals surface area contributed by atoms with Crippen LogP contribution in [0.25, 0.3) is 10.9 Å². The summed E-state index contributed by atoms with van der Waals surface area (Å²) in [5.41, 5.74) is -1.79. The maximum Gasteiger partial charge on any atom is 0.416 e. The summed E-state index contributed by atoms with van der Waals surface area (Å²) in [7, 11) is 1.46. The third-order valence-electron chi connectivity index (χ3n) is 6.07. The van der Waals surface area contributed by atoms with Crippen LogP contribution in [0.3, 0.4) is 0 Å². The van der Waals surface area contributed by atoms with Crippen molar-refractivity contribution in [3.63, 3.8) is 0 Å². The minimum atomic E-state index is -4.91. The van der Waals surface area contributed by atoms with E-state index in [0.29, 0.717) is 12.1 Å². The first-order chi connectivity index (χ1) is 17.9. The molecule has 0 aliphatic carbocycles. The summed E-state index contributed by atoms with van der Waals surface area (Å²) in [5, 5.41) is 19.2. The zero-order chi connectivity index (χ0) is 27.5. The van der Waals surface area contributed by atoms with E-state index in [1.807, 2.05) is 6.07 Å². The summed E-state index contributed by atoms with van der Waals surface area (Å²) in [4.78, 5) is 26.2. The van der Waals surface area contributed by atoms with Crippen molar-refractivity contribution in [3.05, 3.63) is 92.6 Å². The molecule has 38 heavy (non-hydrogen) atoms. The summed E-state index contributed by atoms with van der Waals surface area (Å²) < 4.78 is 68.9. The number of alkyl halides is 3. The number of nitrogens with zero attached hydrogens (tertiary/aromatic N) is 3. The summed E-state index contributed by atoms with van der Waals surface area (Å²) in [6, 6.07) is 6.98. The van der Waals surface area contributed by atoms with E-state index in [9.17, 15) is 36.8 Å². The summed E-state index contributed by atoms with van der Waals surface area (Å²) in [6.07, 6.45) is -4.91. The number of nitriles is 1. The second kappa shape index (κ2) is 8.81. The number of hydrogen-bond acceptors (Lipinski definition) is 4. The highest BCUT2D eigenvalue weighted by atomic mass is 35.5. The molecule has 4 aromatic rings. The van der Waals surface area contributed by atoms with Gasteiger partial charge >= 0.3 is 6.18 Å². The molecule has 1 unspecified atom stereocenters. The number of halogens is 6. The molecule has 13 heteroatoms. The SMILES string of the molecule is Cn1nc2c3c(c(NC(=O)c4cc(F)cc(C(F)(F)F)c4)cc2c1C#N)C(c1cc(F)ccc1Cl)NC3=O. The molecule has 2 amide bonds. The van der Waals surface area contributed by atoms with Gasteiger partial charge in [-0.2, -0.15) is 23.5 Å². The predicted octanol–water partition coefficient (Wildman–Crippen LogP) is 5.48. The van der Waals surface area contributed by atoms with Crippen molar-refractivity contribution in [3.8, 4) is 6.07 Å². The van der Waals surface area contributed by atoms with Crippen LogP contribution < -0.4 is 10.6 Å². The first kappa shape index (κ1) is 25.2. The Balaban J connectivity index is 1.72. The Morgan fingerprint density at radius 1 is 1.16 bits per heavy atom. The number of benzene rings is 3. The minimum absolute atomic E-state index is 0.0310. The Morgan fingerprint density at radius 2 is 1.89 bits per heavy atom. The van der Waals surface area contributed by atoms with Crippen LogP contribution in [0.1, 0.15) is 49.1 Å². The zero-order valence-corrected chi connectivity index (χ0v) is 19.8. The van der Waals surface area contributed by atoms with Crippen LogP contribution in [-0.2, 0) is 13.2 Å². The maximum atomic E-state index is 14.1. The van der Waals surface area contributed by atoms with Crippen LogP contribution in [0.15, 0.2) is 42.5 Å². The van der Waals surface area contributed by atoms with Gasteiger partial charge in [0.15, 0.2) is 0 Å². The number of carbonyl (C=O) groups is 2. The lowest BCUT2D eigenvalue weighted by Crippen LogP contribution is -2.21. The number of fused-ring (bicyclic) bond motifs is 3. The second-order valence-electron chi connectivity index (χ2n) is 8.45. The highest BCUT2D eigenvalue weighted by Gasteiger charge is 2.38. The van der Waals surface area contributed by atoms with Crippen LogP contribution >= 0.6 is 11.6 Å². The van der Waals surface area contributed by atoms with Crippen molar-refractivity contribution in [2.45, 2.75) is 12.2 Å². The van der Waals surface area contributed by atoms with E-state index in [1.54, 1.807) is 0 Å². The van der Waals surface area contributed by atoms with Gasteiger partial charge in [0.1, 0.15) is 28.9 Å². The summed E-state index contributed by atoms with van der Waals surface area (Å²) >= 11 is 6.28. The van der Waals surface area contributed by atoms with Crippen LogP contribution in [0.2, 0.25) is 5.02 Å². The van der Waals surface area contributed by atoms with Gasteiger partial charge in [0.25, 0.3) is 11.8 Å². The number of hydrogen-bond donors (Lipinski definition) is 2. The Kier molecular flexibility index (Phi) is 5.83. The van der Waals surface area contributed by atoms with E-state index >= 15 is 0 Å². The molecule has 1 aliphatic heterocycles. The third kappa shape index (κ3) is 4.10. The van der Waals surface area contributed by atoms with Crippen molar-refractivity contribution >= 4 is 40.0 Å². The number of nitrogens with one attached hydrogen (secondary N) is 2. The van der Waals surface area contributed by atoms with E-state index in [2.05, 4.69) is 15.7 Å². The predicted molar refractivity (Wildman–Crippen MR) is 126 cm³/mol. The molecule has 0 bridgehead atoms. The average molecular weight is 546 g/mol. The Morgan fingerprint density at radius 3 is 2.58 bits per heavy atom. The first-order valence-electron chi connectivity index (χ1n) is 10.8. The highest BCUT2D eigenvalue weighted by molar-refractivity contribution is 6.31. The number of amides is 2. The molecule has 0 radical (unpaired) electrons. The smallest absolute Gasteiger partial charge is 0.341 e. The minimum Gasteiger partial charge on any atom is -0.341 e. The average Bonchev–Trinajstić information content (AvgIpc) is 3.35. The third-order valence-corrected chi connectivity index (χ3v) is 6.41. The lowest BCUT2D eigenvalue weighted by atomic mass is 9.94. The fourth-order valence-electron chi connectivity index (χ4n) is 4.44. The van der Waals surface area contributed by atoms with Gasteiger partial charge in [0.2, 0.25) is 0 Å². The van der Waals surface area contributed by atoms with Crippen LogP contribution in [0.4, 0.5) is 27.6 Å². The molecule has 192 valence electrons. The fourth-order valence-corrected chi connectivity index (χ4v) is 4.66. The topological polar surface area (TPSA) is 99.8 Å². The molecule has 1 atom stereocenters. The molecule has 2 heterocycles. The number of rotatable bonds is 3. The molecular formula is C25H13ClF5N5O2. The quantitative estimate of drug-likeness (QED) is 0.333. The maximum absolute atomic E-state index is 14.1. The van der Waals surface area contributed by atoms with Crippen molar-refractivity contribution in [2.24, 2.45) is 7.05 Å². The van der Waals surface area contributed by atoms with Crippen LogP contribution in [0.5, 0.6) is 0 Å². The molecule has 5 rings (SSSR count). The molecule has 0 spiro atoms. The Hall–Kier alpha value is -4.50. The molecule has 7 nitrogen and oxygen atoms in total. The number of anilines is 1. The van der Waals surface area contributed by atoms with Crippen molar-refractivity contribution in [2.75, 3.05) is 5.32 Å². The molecule has 0 saturated heterocycles.